The standard InChI is InChI=1S/C14H14ClF2NO2/c1-9(12-3-2-6-19-12)18-8-10-7-11(15)4-5-13(10)20-14(16)17/h2-7,9,14,18H,8H2,1H3/t9-/m0/s1. The first-order valence-electron chi connectivity index (χ1n) is 6.06. The fourth-order valence-electron chi connectivity index (χ4n) is 1.80. The van der Waals surface area contributed by atoms with Gasteiger partial charge in [-0.05, 0) is 37.3 Å². The van der Waals surface area contributed by atoms with Crippen molar-refractivity contribution in [2.75, 3.05) is 0 Å². The highest BCUT2D eigenvalue weighted by Crippen LogP contribution is 2.25. The number of furan rings is 1. The molecule has 0 amide bonds. The average Bonchev–Trinajstić information content (AvgIpc) is 2.92. The van der Waals surface area contributed by atoms with E-state index in [0.717, 1.165) is 5.76 Å². The van der Waals surface area contributed by atoms with E-state index < -0.39 is 6.61 Å². The minimum atomic E-state index is -2.86. The van der Waals surface area contributed by atoms with Gasteiger partial charge >= 0.3 is 6.61 Å². The van der Waals surface area contributed by atoms with Gasteiger partial charge in [-0.2, -0.15) is 8.78 Å². The normalized spacial score (nSPS) is 12.7. The molecule has 6 heteroatoms. The molecule has 1 aromatic heterocycles. The number of hydrogen-bond acceptors (Lipinski definition) is 3. The van der Waals surface area contributed by atoms with E-state index in [1.165, 1.54) is 12.1 Å². The molecule has 0 unspecified atom stereocenters. The highest BCUT2D eigenvalue weighted by molar-refractivity contribution is 6.30. The van der Waals surface area contributed by atoms with Gasteiger partial charge in [0.1, 0.15) is 11.5 Å². The van der Waals surface area contributed by atoms with Gasteiger partial charge in [0, 0.05) is 17.1 Å². The number of ether oxygens (including phenoxy) is 1. The summed E-state index contributed by atoms with van der Waals surface area (Å²) in [6, 6.07) is 8.12. The molecule has 1 N–H and O–H groups in total. The van der Waals surface area contributed by atoms with Crippen molar-refractivity contribution in [1.29, 1.82) is 0 Å². The Hall–Kier alpha value is -1.59. The lowest BCUT2D eigenvalue weighted by Crippen LogP contribution is -2.18. The molecule has 0 radical (unpaired) electrons. The van der Waals surface area contributed by atoms with Crippen LogP contribution in [0.1, 0.15) is 24.3 Å². The second kappa shape index (κ2) is 6.72. The number of benzene rings is 1. The van der Waals surface area contributed by atoms with E-state index in [4.69, 9.17) is 16.0 Å². The number of rotatable bonds is 6. The van der Waals surface area contributed by atoms with Crippen LogP contribution in [0.5, 0.6) is 5.75 Å². The Morgan fingerprint density at radius 1 is 1.35 bits per heavy atom. The maximum Gasteiger partial charge on any atom is 0.387 e. The summed E-state index contributed by atoms with van der Waals surface area (Å²) in [4.78, 5) is 0. The highest BCUT2D eigenvalue weighted by Gasteiger charge is 2.12. The molecule has 0 spiro atoms. The topological polar surface area (TPSA) is 34.4 Å². The van der Waals surface area contributed by atoms with Gasteiger partial charge in [0.25, 0.3) is 0 Å². The monoisotopic (exact) mass is 301 g/mol. The van der Waals surface area contributed by atoms with Crippen LogP contribution in [0.2, 0.25) is 5.02 Å². The summed E-state index contributed by atoms with van der Waals surface area (Å²) in [6.07, 6.45) is 1.58. The van der Waals surface area contributed by atoms with E-state index in [1.54, 1.807) is 18.4 Å². The van der Waals surface area contributed by atoms with Gasteiger partial charge in [0.05, 0.1) is 12.3 Å². The van der Waals surface area contributed by atoms with E-state index in [0.29, 0.717) is 17.1 Å². The predicted molar refractivity (Wildman–Crippen MR) is 72.0 cm³/mol. The second-order valence-electron chi connectivity index (χ2n) is 4.25. The van der Waals surface area contributed by atoms with Crippen molar-refractivity contribution in [3.63, 3.8) is 0 Å². The van der Waals surface area contributed by atoms with E-state index in [-0.39, 0.29) is 11.8 Å². The summed E-state index contributed by atoms with van der Waals surface area (Å²) < 4.78 is 34.4. The fraction of sp³-hybridized carbons (Fsp3) is 0.286. The van der Waals surface area contributed by atoms with Crippen molar-refractivity contribution in [1.82, 2.24) is 5.32 Å². The van der Waals surface area contributed by atoms with Crippen LogP contribution in [0.3, 0.4) is 0 Å². The molecule has 108 valence electrons. The third-order valence-electron chi connectivity index (χ3n) is 2.81. The second-order valence-corrected chi connectivity index (χ2v) is 4.68. The van der Waals surface area contributed by atoms with Crippen molar-refractivity contribution in [2.45, 2.75) is 26.1 Å². The summed E-state index contributed by atoms with van der Waals surface area (Å²) in [5, 5.41) is 3.63. The number of alkyl halides is 2. The largest absolute Gasteiger partial charge is 0.468 e. The van der Waals surface area contributed by atoms with E-state index in [1.807, 2.05) is 13.0 Å². The molecular weight excluding hydrogens is 288 g/mol. The number of nitrogens with one attached hydrogen (secondary N) is 1. The van der Waals surface area contributed by atoms with Crippen molar-refractivity contribution in [2.24, 2.45) is 0 Å². The minimum absolute atomic E-state index is 0.0524. The molecule has 0 saturated carbocycles. The van der Waals surface area contributed by atoms with Crippen LogP contribution >= 0.6 is 11.6 Å². The molecule has 1 atom stereocenters. The summed E-state index contributed by atoms with van der Waals surface area (Å²) in [6.45, 7) is -0.612. The van der Waals surface area contributed by atoms with E-state index in [2.05, 4.69) is 10.1 Å². The molecule has 2 rings (SSSR count). The molecule has 0 fully saturated rings. The van der Waals surface area contributed by atoms with Gasteiger partial charge in [-0.1, -0.05) is 11.6 Å². The molecule has 0 aliphatic heterocycles. The Kier molecular flexibility index (Phi) is 4.98. The van der Waals surface area contributed by atoms with Crippen LogP contribution in [0, 0.1) is 0 Å². The number of hydrogen-bond donors (Lipinski definition) is 1. The SMILES string of the molecule is C[C@H](NCc1cc(Cl)ccc1OC(F)F)c1ccco1. The Morgan fingerprint density at radius 3 is 2.80 bits per heavy atom. The molecule has 0 aliphatic rings. The Morgan fingerprint density at radius 2 is 2.15 bits per heavy atom. The van der Waals surface area contributed by atoms with Crippen LogP contribution in [-0.4, -0.2) is 6.61 Å². The Balaban J connectivity index is 2.06. The molecule has 1 aromatic carbocycles. The average molecular weight is 302 g/mol. The van der Waals surface area contributed by atoms with Crippen LogP contribution in [0.25, 0.3) is 0 Å². The minimum Gasteiger partial charge on any atom is -0.468 e. The molecule has 1 heterocycles. The summed E-state index contributed by atoms with van der Waals surface area (Å²) in [5.41, 5.74) is 0.566. The molecule has 3 nitrogen and oxygen atoms in total. The molecule has 0 aliphatic carbocycles. The first kappa shape index (κ1) is 14.8. The van der Waals surface area contributed by atoms with Gasteiger partial charge in [-0.25, -0.2) is 0 Å². The lowest BCUT2D eigenvalue weighted by Gasteiger charge is -2.15. The lowest BCUT2D eigenvalue weighted by molar-refractivity contribution is -0.0505. The summed E-state index contributed by atoms with van der Waals surface area (Å²) >= 11 is 5.88. The zero-order valence-electron chi connectivity index (χ0n) is 10.8. The molecule has 0 bridgehead atoms. The van der Waals surface area contributed by atoms with Crippen molar-refractivity contribution in [3.05, 3.63) is 52.9 Å². The van der Waals surface area contributed by atoms with E-state index >= 15 is 0 Å². The Bertz CT molecular complexity index is 546. The quantitative estimate of drug-likeness (QED) is 0.859. The maximum absolute atomic E-state index is 12.3. The van der Waals surface area contributed by atoms with Gasteiger partial charge < -0.3 is 14.5 Å². The molecule has 2 aromatic rings. The first-order chi connectivity index (χ1) is 9.56. The zero-order valence-corrected chi connectivity index (χ0v) is 11.5. The number of halogens is 3. The maximum atomic E-state index is 12.3. The highest BCUT2D eigenvalue weighted by atomic mass is 35.5. The zero-order chi connectivity index (χ0) is 14.5. The van der Waals surface area contributed by atoms with E-state index in [9.17, 15) is 8.78 Å². The lowest BCUT2D eigenvalue weighted by atomic mass is 10.1. The smallest absolute Gasteiger partial charge is 0.387 e. The first-order valence-corrected chi connectivity index (χ1v) is 6.44. The molecule has 0 saturated heterocycles. The van der Waals surface area contributed by atoms with Crippen LogP contribution < -0.4 is 10.1 Å². The fourth-order valence-corrected chi connectivity index (χ4v) is 1.99. The Labute approximate surface area is 120 Å². The third kappa shape index (κ3) is 3.95. The van der Waals surface area contributed by atoms with Crippen molar-refractivity contribution < 1.29 is 17.9 Å². The molecule has 20 heavy (non-hydrogen) atoms. The van der Waals surface area contributed by atoms with Crippen LogP contribution in [-0.2, 0) is 6.54 Å². The van der Waals surface area contributed by atoms with Gasteiger partial charge in [0.2, 0.25) is 0 Å². The van der Waals surface area contributed by atoms with Crippen LogP contribution in [0.15, 0.2) is 41.0 Å². The van der Waals surface area contributed by atoms with Crippen molar-refractivity contribution in [3.8, 4) is 5.75 Å². The van der Waals surface area contributed by atoms with Crippen LogP contribution in [0.4, 0.5) is 8.78 Å². The van der Waals surface area contributed by atoms with Gasteiger partial charge in [-0.15, -0.1) is 0 Å². The van der Waals surface area contributed by atoms with Gasteiger partial charge in [-0.3, -0.25) is 0 Å². The summed E-state index contributed by atoms with van der Waals surface area (Å²) in [7, 11) is 0. The van der Waals surface area contributed by atoms with Gasteiger partial charge in [0.15, 0.2) is 0 Å². The third-order valence-corrected chi connectivity index (χ3v) is 3.04. The summed E-state index contributed by atoms with van der Waals surface area (Å²) in [5.74, 6) is 0.881. The predicted octanol–water partition coefficient (Wildman–Crippen LogP) is 4.39. The molecular formula is C14H14ClF2NO2. The van der Waals surface area contributed by atoms with Crippen molar-refractivity contribution >= 4 is 11.6 Å².